The summed E-state index contributed by atoms with van der Waals surface area (Å²) in [6, 6.07) is 11.8. The minimum Gasteiger partial charge on any atom is -0.493 e. The van der Waals surface area contributed by atoms with Crippen molar-refractivity contribution in [2.45, 2.75) is 32.5 Å². The fraction of sp³-hybridized carbons (Fsp3) is 0.261. The molecule has 0 saturated carbocycles. The van der Waals surface area contributed by atoms with Crippen molar-refractivity contribution in [3.8, 4) is 17.3 Å². The van der Waals surface area contributed by atoms with Gasteiger partial charge in [-0.3, -0.25) is 9.36 Å². The minimum absolute atomic E-state index is 0.0805. The SMILES string of the molecule is CCn1c(SCC(=O)Nc2c(C)cc(I)cc2C)nnc1-c1cc2cccc(OC)c2o1. The third-order valence-electron chi connectivity index (χ3n) is 5.08. The van der Waals surface area contributed by atoms with Crippen LogP contribution in [0.1, 0.15) is 18.1 Å². The van der Waals surface area contributed by atoms with Crippen molar-refractivity contribution in [2.75, 3.05) is 18.2 Å². The van der Waals surface area contributed by atoms with Gasteiger partial charge in [-0.05, 0) is 78.8 Å². The maximum Gasteiger partial charge on any atom is 0.234 e. The minimum atomic E-state index is -0.0805. The molecule has 9 heteroatoms. The van der Waals surface area contributed by atoms with E-state index in [9.17, 15) is 4.79 Å². The number of benzene rings is 2. The number of carbonyl (C=O) groups is 1. The smallest absolute Gasteiger partial charge is 0.234 e. The molecule has 2 heterocycles. The van der Waals surface area contributed by atoms with Gasteiger partial charge in [0.15, 0.2) is 22.2 Å². The molecule has 7 nitrogen and oxygen atoms in total. The fourth-order valence-corrected chi connectivity index (χ4v) is 5.32. The molecule has 0 aliphatic carbocycles. The summed E-state index contributed by atoms with van der Waals surface area (Å²) in [5.74, 6) is 2.06. The second-order valence-electron chi connectivity index (χ2n) is 7.29. The molecule has 0 bridgehead atoms. The molecular formula is C23H23IN4O3S. The Hall–Kier alpha value is -2.53. The van der Waals surface area contributed by atoms with E-state index in [4.69, 9.17) is 9.15 Å². The number of carbonyl (C=O) groups excluding carboxylic acids is 1. The van der Waals surface area contributed by atoms with E-state index in [0.29, 0.717) is 34.6 Å². The molecule has 0 spiro atoms. The molecule has 4 aromatic rings. The summed E-state index contributed by atoms with van der Waals surface area (Å²) in [5, 5.41) is 13.3. The standard InChI is InChI=1S/C23H23IN4O3S/c1-5-28-22(18-11-15-7-6-8-17(30-4)21(15)31-18)26-27-23(28)32-12-19(29)25-20-13(2)9-16(24)10-14(20)3/h6-11H,5,12H2,1-4H3,(H,25,29). The van der Waals surface area contributed by atoms with Crippen LogP contribution in [0.2, 0.25) is 0 Å². The van der Waals surface area contributed by atoms with Gasteiger partial charge in [-0.15, -0.1) is 10.2 Å². The van der Waals surface area contributed by atoms with Crippen molar-refractivity contribution < 1.29 is 13.9 Å². The van der Waals surface area contributed by atoms with E-state index < -0.39 is 0 Å². The molecule has 0 aliphatic rings. The summed E-state index contributed by atoms with van der Waals surface area (Å²) < 4.78 is 14.5. The average molecular weight is 562 g/mol. The third-order valence-corrected chi connectivity index (χ3v) is 6.67. The zero-order valence-electron chi connectivity index (χ0n) is 18.2. The maximum atomic E-state index is 12.6. The molecule has 0 atom stereocenters. The van der Waals surface area contributed by atoms with Crippen molar-refractivity contribution >= 4 is 56.9 Å². The van der Waals surface area contributed by atoms with Crippen LogP contribution in [0.25, 0.3) is 22.6 Å². The zero-order chi connectivity index (χ0) is 22.8. The van der Waals surface area contributed by atoms with E-state index in [2.05, 4.69) is 50.2 Å². The van der Waals surface area contributed by atoms with Gasteiger partial charge in [0.2, 0.25) is 11.7 Å². The van der Waals surface area contributed by atoms with Crippen molar-refractivity contribution in [2.24, 2.45) is 0 Å². The predicted octanol–water partition coefficient (Wildman–Crippen LogP) is 5.67. The first kappa shape index (κ1) is 22.7. The average Bonchev–Trinajstić information content (AvgIpc) is 3.37. The molecule has 166 valence electrons. The van der Waals surface area contributed by atoms with Crippen LogP contribution in [0, 0.1) is 17.4 Å². The van der Waals surface area contributed by atoms with E-state index in [1.165, 1.54) is 11.8 Å². The molecule has 4 rings (SSSR count). The molecule has 0 fully saturated rings. The Morgan fingerprint density at radius 1 is 1.22 bits per heavy atom. The largest absolute Gasteiger partial charge is 0.493 e. The highest BCUT2D eigenvalue weighted by Crippen LogP contribution is 2.34. The van der Waals surface area contributed by atoms with Crippen LogP contribution in [-0.4, -0.2) is 33.5 Å². The lowest BCUT2D eigenvalue weighted by Crippen LogP contribution is -2.16. The molecule has 0 unspecified atom stereocenters. The van der Waals surface area contributed by atoms with E-state index in [-0.39, 0.29) is 11.7 Å². The number of ether oxygens (including phenoxy) is 1. The predicted molar refractivity (Wildman–Crippen MR) is 135 cm³/mol. The Bertz CT molecular complexity index is 1270. The van der Waals surface area contributed by atoms with Crippen LogP contribution in [0.15, 0.2) is 46.0 Å². The van der Waals surface area contributed by atoms with Crippen LogP contribution in [0.3, 0.4) is 0 Å². The molecular weight excluding hydrogens is 539 g/mol. The van der Waals surface area contributed by atoms with Crippen LogP contribution in [0.4, 0.5) is 5.69 Å². The molecule has 0 saturated heterocycles. The van der Waals surface area contributed by atoms with E-state index >= 15 is 0 Å². The van der Waals surface area contributed by atoms with Crippen molar-refractivity contribution in [3.63, 3.8) is 0 Å². The quantitative estimate of drug-likeness (QED) is 0.231. The van der Waals surface area contributed by atoms with Gasteiger partial charge in [-0.25, -0.2) is 0 Å². The second kappa shape index (κ2) is 9.53. The highest BCUT2D eigenvalue weighted by Gasteiger charge is 2.19. The molecule has 2 aromatic heterocycles. The van der Waals surface area contributed by atoms with E-state index in [0.717, 1.165) is 25.8 Å². The van der Waals surface area contributed by atoms with Crippen molar-refractivity contribution in [1.82, 2.24) is 14.8 Å². The van der Waals surface area contributed by atoms with E-state index in [1.54, 1.807) is 7.11 Å². The number of fused-ring (bicyclic) bond motifs is 1. The zero-order valence-corrected chi connectivity index (χ0v) is 21.2. The summed E-state index contributed by atoms with van der Waals surface area (Å²) >= 11 is 3.63. The number of thioether (sulfide) groups is 1. The summed E-state index contributed by atoms with van der Waals surface area (Å²) in [4.78, 5) is 12.6. The topological polar surface area (TPSA) is 82.2 Å². The van der Waals surface area contributed by atoms with Gasteiger partial charge in [0.1, 0.15) is 0 Å². The van der Waals surface area contributed by atoms with Gasteiger partial charge in [0.05, 0.1) is 12.9 Å². The van der Waals surface area contributed by atoms with Crippen LogP contribution < -0.4 is 10.1 Å². The van der Waals surface area contributed by atoms with Gasteiger partial charge in [0.25, 0.3) is 0 Å². The van der Waals surface area contributed by atoms with Gasteiger partial charge >= 0.3 is 0 Å². The number of rotatable bonds is 7. The number of anilines is 1. The Balaban J connectivity index is 1.52. The van der Waals surface area contributed by atoms with Gasteiger partial charge in [0, 0.05) is 21.2 Å². The Labute approximate surface area is 204 Å². The number of hydrogen-bond acceptors (Lipinski definition) is 6. The molecule has 1 amide bonds. The summed E-state index contributed by atoms with van der Waals surface area (Å²) in [7, 11) is 1.62. The molecule has 32 heavy (non-hydrogen) atoms. The number of para-hydroxylation sites is 1. The van der Waals surface area contributed by atoms with Gasteiger partial charge in [-0.1, -0.05) is 23.9 Å². The van der Waals surface area contributed by atoms with E-state index in [1.807, 2.05) is 49.6 Å². The second-order valence-corrected chi connectivity index (χ2v) is 9.48. The normalized spacial score (nSPS) is 11.2. The number of methoxy groups -OCH3 is 1. The van der Waals surface area contributed by atoms with Crippen molar-refractivity contribution in [3.05, 3.63) is 51.1 Å². The number of aryl methyl sites for hydroxylation is 2. The van der Waals surface area contributed by atoms with Crippen LogP contribution in [0.5, 0.6) is 5.75 Å². The number of aromatic nitrogens is 3. The number of amides is 1. The third kappa shape index (κ3) is 4.49. The first-order chi connectivity index (χ1) is 15.4. The molecule has 2 aromatic carbocycles. The van der Waals surface area contributed by atoms with Gasteiger partial charge in [-0.2, -0.15) is 0 Å². The Morgan fingerprint density at radius 3 is 2.66 bits per heavy atom. The molecule has 0 aliphatic heterocycles. The van der Waals surface area contributed by atoms with Gasteiger partial charge < -0.3 is 14.5 Å². The number of nitrogens with zero attached hydrogens (tertiary/aromatic N) is 3. The van der Waals surface area contributed by atoms with Crippen molar-refractivity contribution in [1.29, 1.82) is 0 Å². The number of halogens is 1. The highest BCUT2D eigenvalue weighted by molar-refractivity contribution is 14.1. The monoisotopic (exact) mass is 562 g/mol. The lowest BCUT2D eigenvalue weighted by molar-refractivity contribution is -0.113. The first-order valence-electron chi connectivity index (χ1n) is 10.1. The van der Waals surface area contributed by atoms with Crippen LogP contribution >= 0.6 is 34.4 Å². The number of hydrogen-bond donors (Lipinski definition) is 1. The molecule has 1 N–H and O–H groups in total. The molecule has 0 radical (unpaired) electrons. The first-order valence-corrected chi connectivity index (χ1v) is 12.2. The Kier molecular flexibility index (Phi) is 6.75. The number of furan rings is 1. The fourth-order valence-electron chi connectivity index (χ4n) is 3.58. The lowest BCUT2D eigenvalue weighted by atomic mass is 10.1. The summed E-state index contributed by atoms with van der Waals surface area (Å²) in [5.41, 5.74) is 3.64. The van der Waals surface area contributed by atoms with Crippen LogP contribution in [-0.2, 0) is 11.3 Å². The summed E-state index contributed by atoms with van der Waals surface area (Å²) in [6.07, 6.45) is 0. The Morgan fingerprint density at radius 2 is 1.97 bits per heavy atom. The number of nitrogens with one attached hydrogen (secondary N) is 1. The summed E-state index contributed by atoms with van der Waals surface area (Å²) in [6.45, 7) is 6.66. The maximum absolute atomic E-state index is 12.6. The highest BCUT2D eigenvalue weighted by atomic mass is 127. The lowest BCUT2D eigenvalue weighted by Gasteiger charge is -2.12.